The number of hydrogen-bond acceptors (Lipinski definition) is 4. The van der Waals surface area contributed by atoms with Crippen molar-refractivity contribution in [2.45, 2.75) is 26.3 Å². The first kappa shape index (κ1) is 22.6. The molecule has 0 bridgehead atoms. The summed E-state index contributed by atoms with van der Waals surface area (Å²) in [5, 5.41) is 8.76. The molecule has 1 aromatic heterocycles. The molecule has 5 nitrogen and oxygen atoms in total. The Labute approximate surface area is 177 Å². The average Bonchev–Trinajstić information content (AvgIpc) is 3.15. The van der Waals surface area contributed by atoms with Gasteiger partial charge in [0.15, 0.2) is 17.5 Å². The second-order valence-corrected chi connectivity index (χ2v) is 6.49. The van der Waals surface area contributed by atoms with Crippen LogP contribution in [0.5, 0.6) is 11.5 Å². The van der Waals surface area contributed by atoms with Crippen LogP contribution in [-0.4, -0.2) is 33.3 Å². The highest BCUT2D eigenvalue weighted by Crippen LogP contribution is 2.28. The maximum Gasteiger partial charge on any atom is 0.191 e. The number of hydrogen-bond donors (Lipinski definition) is 2. The highest BCUT2D eigenvalue weighted by atomic mass is 127. The molecule has 1 aromatic carbocycles. The minimum Gasteiger partial charge on any atom is -0.493 e. The Morgan fingerprint density at radius 2 is 2.04 bits per heavy atom. The van der Waals surface area contributed by atoms with Crippen molar-refractivity contribution in [1.29, 1.82) is 0 Å². The predicted octanol–water partition coefficient (Wildman–Crippen LogP) is 4.07. The average molecular weight is 489 g/mol. The Hall–Kier alpha value is -1.48. The number of halogens is 1. The monoisotopic (exact) mass is 489 g/mol. The van der Waals surface area contributed by atoms with Crippen LogP contribution in [0.3, 0.4) is 0 Å². The Kier molecular flexibility index (Phi) is 11.1. The van der Waals surface area contributed by atoms with Crippen LogP contribution in [0.2, 0.25) is 0 Å². The van der Waals surface area contributed by atoms with Crippen LogP contribution in [0.25, 0.3) is 0 Å². The first-order chi connectivity index (χ1) is 12.3. The van der Waals surface area contributed by atoms with E-state index < -0.39 is 0 Å². The van der Waals surface area contributed by atoms with E-state index in [-0.39, 0.29) is 24.0 Å². The Morgan fingerprint density at radius 1 is 1.19 bits per heavy atom. The smallest absolute Gasteiger partial charge is 0.191 e. The SMILES string of the molecule is CCOc1cc(CCCNC(=NC)NCc2cccs2)ccc1OC.I. The highest BCUT2D eigenvalue weighted by Gasteiger charge is 2.05. The molecule has 0 unspecified atom stereocenters. The predicted molar refractivity (Wildman–Crippen MR) is 120 cm³/mol. The molecule has 0 aliphatic heterocycles. The van der Waals surface area contributed by atoms with E-state index in [0.717, 1.165) is 43.4 Å². The molecule has 0 spiro atoms. The van der Waals surface area contributed by atoms with Crippen LogP contribution in [-0.2, 0) is 13.0 Å². The number of nitrogens with one attached hydrogen (secondary N) is 2. The zero-order valence-electron chi connectivity index (χ0n) is 15.6. The van der Waals surface area contributed by atoms with Gasteiger partial charge in [0.2, 0.25) is 0 Å². The van der Waals surface area contributed by atoms with Crippen LogP contribution in [0.1, 0.15) is 23.8 Å². The van der Waals surface area contributed by atoms with E-state index in [2.05, 4.69) is 45.3 Å². The summed E-state index contributed by atoms with van der Waals surface area (Å²) in [7, 11) is 3.46. The number of benzene rings is 1. The van der Waals surface area contributed by atoms with Crippen LogP contribution in [0.4, 0.5) is 0 Å². The minimum absolute atomic E-state index is 0. The second kappa shape index (κ2) is 12.8. The fourth-order valence-corrected chi connectivity index (χ4v) is 3.09. The lowest BCUT2D eigenvalue weighted by Gasteiger charge is -2.12. The molecule has 0 fully saturated rings. The molecule has 0 radical (unpaired) electrons. The molecule has 1 heterocycles. The van der Waals surface area contributed by atoms with Gasteiger partial charge in [-0.15, -0.1) is 35.3 Å². The van der Waals surface area contributed by atoms with E-state index in [4.69, 9.17) is 9.47 Å². The summed E-state index contributed by atoms with van der Waals surface area (Å²) in [6.07, 6.45) is 1.98. The van der Waals surface area contributed by atoms with Crippen molar-refractivity contribution in [2.75, 3.05) is 27.3 Å². The zero-order chi connectivity index (χ0) is 17.9. The minimum atomic E-state index is 0. The van der Waals surface area contributed by atoms with Crippen molar-refractivity contribution >= 4 is 41.3 Å². The van der Waals surface area contributed by atoms with Crippen molar-refractivity contribution in [2.24, 2.45) is 4.99 Å². The third kappa shape index (κ3) is 7.41. The fraction of sp³-hybridized carbons (Fsp3) is 0.421. The molecule has 0 aliphatic carbocycles. The molecular formula is C19H28IN3O2S. The van der Waals surface area contributed by atoms with Gasteiger partial charge in [-0.1, -0.05) is 12.1 Å². The van der Waals surface area contributed by atoms with Crippen LogP contribution >= 0.6 is 35.3 Å². The maximum atomic E-state index is 5.63. The molecule has 2 rings (SSSR count). The molecule has 0 aliphatic rings. The topological polar surface area (TPSA) is 54.9 Å². The van der Waals surface area contributed by atoms with E-state index in [1.54, 1.807) is 25.5 Å². The summed E-state index contributed by atoms with van der Waals surface area (Å²) in [6, 6.07) is 10.3. The van der Waals surface area contributed by atoms with Crippen LogP contribution in [0, 0.1) is 0 Å². The van der Waals surface area contributed by atoms with E-state index in [0.29, 0.717) is 6.61 Å². The van der Waals surface area contributed by atoms with Crippen LogP contribution < -0.4 is 20.1 Å². The van der Waals surface area contributed by atoms with Gasteiger partial charge >= 0.3 is 0 Å². The second-order valence-electron chi connectivity index (χ2n) is 5.45. The summed E-state index contributed by atoms with van der Waals surface area (Å²) in [4.78, 5) is 5.55. The number of thiophene rings is 1. The van der Waals surface area contributed by atoms with Gasteiger partial charge in [0.25, 0.3) is 0 Å². The van der Waals surface area contributed by atoms with Gasteiger partial charge in [-0.25, -0.2) is 0 Å². The lowest BCUT2D eigenvalue weighted by molar-refractivity contribution is 0.310. The van der Waals surface area contributed by atoms with Gasteiger partial charge in [0, 0.05) is 18.5 Å². The molecule has 0 atom stereocenters. The summed E-state index contributed by atoms with van der Waals surface area (Å²) < 4.78 is 11.0. The van der Waals surface area contributed by atoms with Gasteiger partial charge in [-0.3, -0.25) is 4.99 Å². The van der Waals surface area contributed by atoms with Gasteiger partial charge in [0.05, 0.1) is 20.3 Å². The highest BCUT2D eigenvalue weighted by molar-refractivity contribution is 14.0. The number of aliphatic imine (C=N–C) groups is 1. The first-order valence-corrected chi connectivity index (χ1v) is 9.41. The third-order valence-electron chi connectivity index (χ3n) is 3.70. The molecule has 7 heteroatoms. The number of ether oxygens (including phenoxy) is 2. The summed E-state index contributed by atoms with van der Waals surface area (Å²) in [5.74, 6) is 2.42. The molecule has 2 N–H and O–H groups in total. The number of rotatable bonds is 9. The van der Waals surface area contributed by atoms with Crippen molar-refractivity contribution in [1.82, 2.24) is 10.6 Å². The normalized spacial score (nSPS) is 10.8. The molecule has 144 valence electrons. The lowest BCUT2D eigenvalue weighted by atomic mass is 10.1. The molecule has 2 aromatic rings. The molecule has 0 saturated heterocycles. The molecule has 0 saturated carbocycles. The van der Waals surface area contributed by atoms with Crippen LogP contribution in [0.15, 0.2) is 40.7 Å². The maximum absolute atomic E-state index is 5.63. The lowest BCUT2D eigenvalue weighted by Crippen LogP contribution is -2.37. The Balaban J connectivity index is 0.00000338. The quantitative estimate of drug-likeness (QED) is 0.241. The van der Waals surface area contributed by atoms with Gasteiger partial charge < -0.3 is 20.1 Å². The van der Waals surface area contributed by atoms with Gasteiger partial charge in [-0.05, 0) is 48.9 Å². The number of guanidine groups is 1. The number of nitrogens with zero attached hydrogens (tertiary/aromatic N) is 1. The Bertz CT molecular complexity index is 663. The summed E-state index contributed by atoms with van der Waals surface area (Å²) in [6.45, 7) is 4.27. The molecule has 26 heavy (non-hydrogen) atoms. The third-order valence-corrected chi connectivity index (χ3v) is 4.57. The zero-order valence-corrected chi connectivity index (χ0v) is 18.7. The van der Waals surface area contributed by atoms with E-state index >= 15 is 0 Å². The number of aryl methyl sites for hydroxylation is 1. The van der Waals surface area contributed by atoms with Crippen molar-refractivity contribution < 1.29 is 9.47 Å². The molecule has 0 amide bonds. The summed E-state index contributed by atoms with van der Waals surface area (Å²) in [5.41, 5.74) is 1.24. The van der Waals surface area contributed by atoms with E-state index in [1.807, 2.05) is 13.0 Å². The van der Waals surface area contributed by atoms with Crippen molar-refractivity contribution in [3.8, 4) is 11.5 Å². The number of methoxy groups -OCH3 is 1. The van der Waals surface area contributed by atoms with Crippen molar-refractivity contribution in [3.63, 3.8) is 0 Å². The molecular weight excluding hydrogens is 461 g/mol. The van der Waals surface area contributed by atoms with Gasteiger partial charge in [-0.2, -0.15) is 0 Å². The summed E-state index contributed by atoms with van der Waals surface area (Å²) >= 11 is 1.74. The Morgan fingerprint density at radius 3 is 2.69 bits per heavy atom. The first-order valence-electron chi connectivity index (χ1n) is 8.53. The van der Waals surface area contributed by atoms with E-state index in [9.17, 15) is 0 Å². The fourth-order valence-electron chi connectivity index (χ4n) is 2.45. The standard InChI is InChI=1S/C19H27N3O2S.HI/c1-4-24-18-13-15(9-10-17(18)23-3)7-5-11-21-19(20-2)22-14-16-8-6-12-25-16;/h6,8-10,12-13H,4-5,7,11,14H2,1-3H3,(H2,20,21,22);1H. The van der Waals surface area contributed by atoms with Gasteiger partial charge in [0.1, 0.15) is 0 Å². The van der Waals surface area contributed by atoms with E-state index in [1.165, 1.54) is 10.4 Å². The van der Waals surface area contributed by atoms with Crippen molar-refractivity contribution in [3.05, 3.63) is 46.2 Å². The largest absolute Gasteiger partial charge is 0.493 e.